The average Bonchev–Trinajstić information content (AvgIpc) is 2.64. The molecule has 0 saturated heterocycles. The smallest absolute Gasteiger partial charge is 0.0714 e. The fourth-order valence-electron chi connectivity index (χ4n) is 2.16. The molecular formula is C21H16ClNS. The largest absolute Gasteiger partial charge is 0.248 e. The number of benzene rings is 3. The molecule has 0 saturated carbocycles. The summed E-state index contributed by atoms with van der Waals surface area (Å²) < 4.78 is 0. The number of nitrogens with zero attached hydrogens (tertiary/aromatic N) is 1. The summed E-state index contributed by atoms with van der Waals surface area (Å²) in [5, 5.41) is 2.78. The molecule has 3 aromatic rings. The average molecular weight is 350 g/mol. The van der Waals surface area contributed by atoms with Crippen molar-refractivity contribution in [3.8, 4) is 0 Å². The van der Waals surface area contributed by atoms with Crippen LogP contribution in [0.15, 0.2) is 106 Å². The van der Waals surface area contributed by atoms with Crippen LogP contribution in [-0.4, -0.2) is 5.71 Å². The van der Waals surface area contributed by atoms with E-state index in [1.54, 1.807) is 11.8 Å². The van der Waals surface area contributed by atoms with Crippen LogP contribution in [0.4, 0.5) is 5.69 Å². The minimum atomic E-state index is 0.758. The second-order valence-electron chi connectivity index (χ2n) is 5.05. The lowest BCUT2D eigenvalue weighted by Crippen LogP contribution is -1.95. The first-order chi connectivity index (χ1) is 11.8. The van der Waals surface area contributed by atoms with Crippen molar-refractivity contribution in [3.63, 3.8) is 0 Å². The van der Waals surface area contributed by atoms with Crippen LogP contribution in [-0.2, 0) is 0 Å². The standard InChI is InChI=1S/C21H16ClNS/c22-19-13-7-8-14-21(19)24-16-15-20(17-9-3-1-4-10-17)23-18-11-5-2-6-12-18/h1-16H. The van der Waals surface area contributed by atoms with Crippen molar-refractivity contribution in [2.75, 3.05) is 0 Å². The van der Waals surface area contributed by atoms with Gasteiger partial charge in [0.1, 0.15) is 0 Å². The Kier molecular flexibility index (Phi) is 5.89. The van der Waals surface area contributed by atoms with E-state index in [0.29, 0.717) is 0 Å². The summed E-state index contributed by atoms with van der Waals surface area (Å²) in [7, 11) is 0. The highest BCUT2D eigenvalue weighted by atomic mass is 35.5. The molecule has 118 valence electrons. The van der Waals surface area contributed by atoms with E-state index in [0.717, 1.165) is 26.9 Å². The molecule has 0 spiro atoms. The van der Waals surface area contributed by atoms with Crippen LogP contribution in [0, 0.1) is 0 Å². The molecule has 3 aromatic carbocycles. The number of hydrogen-bond acceptors (Lipinski definition) is 2. The summed E-state index contributed by atoms with van der Waals surface area (Å²) in [6, 6.07) is 28.0. The van der Waals surface area contributed by atoms with Crippen molar-refractivity contribution in [1.29, 1.82) is 0 Å². The number of para-hydroxylation sites is 1. The molecule has 0 aliphatic carbocycles. The molecule has 0 N–H and O–H groups in total. The third-order valence-electron chi connectivity index (χ3n) is 3.33. The van der Waals surface area contributed by atoms with Gasteiger partial charge in [-0.3, -0.25) is 0 Å². The van der Waals surface area contributed by atoms with E-state index in [4.69, 9.17) is 16.6 Å². The number of rotatable bonds is 5. The molecular weight excluding hydrogens is 334 g/mol. The van der Waals surface area contributed by atoms with Gasteiger partial charge >= 0.3 is 0 Å². The van der Waals surface area contributed by atoms with Crippen LogP contribution in [0.25, 0.3) is 0 Å². The highest BCUT2D eigenvalue weighted by Crippen LogP contribution is 2.27. The van der Waals surface area contributed by atoms with Gasteiger partial charge in [0, 0.05) is 10.5 Å². The second-order valence-corrected chi connectivity index (χ2v) is 6.40. The Hall–Kier alpha value is -2.29. The van der Waals surface area contributed by atoms with Crippen molar-refractivity contribution >= 4 is 34.8 Å². The van der Waals surface area contributed by atoms with E-state index in [1.165, 1.54) is 0 Å². The van der Waals surface area contributed by atoms with Gasteiger partial charge < -0.3 is 0 Å². The van der Waals surface area contributed by atoms with Crippen LogP contribution in [0.3, 0.4) is 0 Å². The minimum Gasteiger partial charge on any atom is -0.248 e. The summed E-state index contributed by atoms with van der Waals surface area (Å²) in [5.74, 6) is 0. The summed E-state index contributed by atoms with van der Waals surface area (Å²) in [4.78, 5) is 5.80. The molecule has 0 aliphatic heterocycles. The second kappa shape index (κ2) is 8.53. The zero-order chi connectivity index (χ0) is 16.6. The Morgan fingerprint density at radius 2 is 1.42 bits per heavy atom. The summed E-state index contributed by atoms with van der Waals surface area (Å²) >= 11 is 7.79. The van der Waals surface area contributed by atoms with Crippen molar-refractivity contribution in [2.45, 2.75) is 4.90 Å². The zero-order valence-electron chi connectivity index (χ0n) is 13.0. The Bertz CT molecular complexity index is 842. The van der Waals surface area contributed by atoms with Gasteiger partial charge in [-0.1, -0.05) is 84.0 Å². The molecule has 1 nitrogen and oxygen atoms in total. The van der Waals surface area contributed by atoms with Gasteiger partial charge in [0.15, 0.2) is 0 Å². The van der Waals surface area contributed by atoms with Crippen LogP contribution in [0.5, 0.6) is 0 Å². The Labute approximate surface area is 151 Å². The van der Waals surface area contributed by atoms with E-state index in [1.807, 2.05) is 84.3 Å². The van der Waals surface area contributed by atoms with E-state index in [9.17, 15) is 0 Å². The zero-order valence-corrected chi connectivity index (χ0v) is 14.5. The Morgan fingerprint density at radius 1 is 0.792 bits per heavy atom. The third kappa shape index (κ3) is 4.60. The molecule has 0 aromatic heterocycles. The van der Waals surface area contributed by atoms with Crippen molar-refractivity contribution < 1.29 is 0 Å². The topological polar surface area (TPSA) is 12.4 Å². The quantitative estimate of drug-likeness (QED) is 0.366. The molecule has 3 rings (SSSR count). The molecule has 0 amide bonds. The highest BCUT2D eigenvalue weighted by Gasteiger charge is 2.01. The normalized spacial score (nSPS) is 11.8. The minimum absolute atomic E-state index is 0.758. The first kappa shape index (κ1) is 16.6. The maximum atomic E-state index is 6.20. The molecule has 0 heterocycles. The predicted octanol–water partition coefficient (Wildman–Crippen LogP) is 6.77. The first-order valence-corrected chi connectivity index (χ1v) is 8.85. The first-order valence-electron chi connectivity index (χ1n) is 7.60. The maximum absolute atomic E-state index is 6.20. The lowest BCUT2D eigenvalue weighted by atomic mass is 10.1. The van der Waals surface area contributed by atoms with Gasteiger partial charge in [-0.05, 0) is 35.7 Å². The van der Waals surface area contributed by atoms with Gasteiger partial charge in [0.25, 0.3) is 0 Å². The molecule has 0 radical (unpaired) electrons. The number of aliphatic imine (C=N–C) groups is 1. The SMILES string of the molecule is Clc1ccccc1SC=CC(=Nc1ccccc1)c1ccccc1. The monoisotopic (exact) mass is 349 g/mol. The molecule has 3 heteroatoms. The van der Waals surface area contributed by atoms with Crippen LogP contribution < -0.4 is 0 Å². The van der Waals surface area contributed by atoms with Crippen LogP contribution in [0.1, 0.15) is 5.56 Å². The summed E-state index contributed by atoms with van der Waals surface area (Å²) in [5.41, 5.74) is 2.93. The molecule has 0 fully saturated rings. The van der Waals surface area contributed by atoms with E-state index >= 15 is 0 Å². The van der Waals surface area contributed by atoms with Gasteiger partial charge in [-0.2, -0.15) is 0 Å². The van der Waals surface area contributed by atoms with E-state index in [-0.39, 0.29) is 0 Å². The van der Waals surface area contributed by atoms with Gasteiger partial charge in [0.05, 0.1) is 16.4 Å². The number of hydrogen-bond donors (Lipinski definition) is 0. The molecule has 0 aliphatic rings. The Morgan fingerprint density at radius 3 is 2.12 bits per heavy atom. The summed E-state index contributed by atoms with van der Waals surface area (Å²) in [6.45, 7) is 0. The highest BCUT2D eigenvalue weighted by molar-refractivity contribution is 8.02. The summed E-state index contributed by atoms with van der Waals surface area (Å²) in [6.07, 6.45) is 2.02. The molecule has 0 unspecified atom stereocenters. The van der Waals surface area contributed by atoms with E-state index < -0.39 is 0 Å². The molecule has 24 heavy (non-hydrogen) atoms. The lowest BCUT2D eigenvalue weighted by Gasteiger charge is -2.03. The fourth-order valence-corrected chi connectivity index (χ4v) is 3.11. The van der Waals surface area contributed by atoms with Crippen molar-refractivity contribution in [2.24, 2.45) is 4.99 Å². The van der Waals surface area contributed by atoms with Gasteiger partial charge in [-0.15, -0.1) is 0 Å². The predicted molar refractivity (Wildman–Crippen MR) is 106 cm³/mol. The van der Waals surface area contributed by atoms with Crippen molar-refractivity contribution in [1.82, 2.24) is 0 Å². The molecule has 0 bridgehead atoms. The van der Waals surface area contributed by atoms with Crippen LogP contribution >= 0.6 is 23.4 Å². The lowest BCUT2D eigenvalue weighted by molar-refractivity contribution is 1.47. The van der Waals surface area contributed by atoms with Gasteiger partial charge in [0.2, 0.25) is 0 Å². The van der Waals surface area contributed by atoms with Crippen molar-refractivity contribution in [3.05, 3.63) is 107 Å². The third-order valence-corrected chi connectivity index (χ3v) is 4.66. The maximum Gasteiger partial charge on any atom is 0.0714 e. The molecule has 0 atom stereocenters. The van der Waals surface area contributed by atoms with Crippen LogP contribution in [0.2, 0.25) is 5.02 Å². The number of halogens is 1. The fraction of sp³-hybridized carbons (Fsp3) is 0. The van der Waals surface area contributed by atoms with Gasteiger partial charge in [-0.25, -0.2) is 4.99 Å². The number of allylic oxidation sites excluding steroid dienone is 1. The Balaban J connectivity index is 1.87. The van der Waals surface area contributed by atoms with E-state index in [2.05, 4.69) is 12.1 Å². The number of thioether (sulfide) groups is 1.